The van der Waals surface area contributed by atoms with Crippen molar-refractivity contribution < 1.29 is 14.3 Å². The number of benzene rings is 1. The summed E-state index contributed by atoms with van der Waals surface area (Å²) in [6.45, 7) is 7.13. The fraction of sp³-hybridized carbons (Fsp3) is 0.562. The van der Waals surface area contributed by atoms with E-state index in [-0.39, 0.29) is 5.56 Å². The van der Waals surface area contributed by atoms with E-state index in [1.165, 1.54) is 25.0 Å². The van der Waals surface area contributed by atoms with Gasteiger partial charge in [0.25, 0.3) is 0 Å². The average Bonchev–Trinajstić information content (AvgIpc) is 2.47. The summed E-state index contributed by atoms with van der Waals surface area (Å²) in [4.78, 5) is 13.2. The van der Waals surface area contributed by atoms with Crippen LogP contribution in [0.25, 0.3) is 0 Å². The van der Waals surface area contributed by atoms with Crippen LogP contribution in [0.3, 0.4) is 0 Å². The first-order valence-corrected chi connectivity index (χ1v) is 7.55. The minimum atomic E-state index is -1.23. The van der Waals surface area contributed by atoms with Gasteiger partial charge in [0, 0.05) is 6.54 Å². The molecule has 4 nitrogen and oxygen atoms in total. The highest BCUT2D eigenvalue weighted by atomic mass is 19.1. The van der Waals surface area contributed by atoms with Crippen molar-refractivity contribution >= 4 is 5.97 Å². The van der Waals surface area contributed by atoms with Crippen molar-refractivity contribution in [2.75, 3.05) is 26.2 Å². The summed E-state index contributed by atoms with van der Waals surface area (Å²) in [5, 5.41) is 12.1. The van der Waals surface area contributed by atoms with E-state index >= 15 is 0 Å². The Kier molecular flexibility index (Phi) is 5.70. The molecule has 0 unspecified atom stereocenters. The van der Waals surface area contributed by atoms with Gasteiger partial charge in [0.05, 0.1) is 5.56 Å². The first-order valence-electron chi connectivity index (χ1n) is 7.55. The molecule has 0 saturated carbocycles. The van der Waals surface area contributed by atoms with Crippen LogP contribution >= 0.6 is 0 Å². The maximum absolute atomic E-state index is 13.6. The summed E-state index contributed by atoms with van der Waals surface area (Å²) in [7, 11) is 0. The number of hydrogen-bond donors (Lipinski definition) is 2. The molecule has 1 aromatic carbocycles. The number of hydrogen-bond acceptors (Lipinski definition) is 3. The summed E-state index contributed by atoms with van der Waals surface area (Å²) in [6.07, 6.45) is 2.40. The third-order valence-electron chi connectivity index (χ3n) is 4.18. The molecule has 21 heavy (non-hydrogen) atoms. The minimum absolute atomic E-state index is 0.273. The van der Waals surface area contributed by atoms with Gasteiger partial charge in [-0.2, -0.15) is 0 Å². The molecule has 0 amide bonds. The lowest BCUT2D eigenvalue weighted by Crippen LogP contribution is -2.36. The van der Waals surface area contributed by atoms with Gasteiger partial charge in [0.2, 0.25) is 0 Å². The van der Waals surface area contributed by atoms with Gasteiger partial charge in [0.1, 0.15) is 5.82 Å². The van der Waals surface area contributed by atoms with Gasteiger partial charge in [-0.25, -0.2) is 9.18 Å². The van der Waals surface area contributed by atoms with Crippen molar-refractivity contribution in [3.8, 4) is 0 Å². The molecule has 1 saturated heterocycles. The van der Waals surface area contributed by atoms with Gasteiger partial charge in [-0.05, 0) is 62.6 Å². The minimum Gasteiger partial charge on any atom is -0.478 e. The lowest BCUT2D eigenvalue weighted by molar-refractivity contribution is 0.0692. The van der Waals surface area contributed by atoms with E-state index in [4.69, 9.17) is 5.11 Å². The van der Waals surface area contributed by atoms with E-state index in [2.05, 4.69) is 17.1 Å². The van der Waals surface area contributed by atoms with Crippen molar-refractivity contribution in [3.05, 3.63) is 35.1 Å². The van der Waals surface area contributed by atoms with Crippen LogP contribution in [0.5, 0.6) is 0 Å². The molecule has 2 N–H and O–H groups in total. The summed E-state index contributed by atoms with van der Waals surface area (Å²) < 4.78 is 13.6. The number of rotatable bonds is 6. The van der Waals surface area contributed by atoms with Crippen LogP contribution in [0.15, 0.2) is 18.2 Å². The average molecular weight is 294 g/mol. The Hall–Kier alpha value is -1.46. The van der Waals surface area contributed by atoms with Gasteiger partial charge >= 0.3 is 5.97 Å². The first-order chi connectivity index (χ1) is 10.1. The topological polar surface area (TPSA) is 52.6 Å². The molecule has 1 fully saturated rings. The number of halogens is 1. The van der Waals surface area contributed by atoms with Crippen LogP contribution < -0.4 is 5.32 Å². The van der Waals surface area contributed by atoms with Crippen molar-refractivity contribution in [2.45, 2.75) is 26.3 Å². The van der Waals surface area contributed by atoms with E-state index < -0.39 is 11.8 Å². The molecule has 1 heterocycles. The van der Waals surface area contributed by atoms with E-state index in [1.54, 1.807) is 6.07 Å². The molecule has 1 aliphatic rings. The second-order valence-corrected chi connectivity index (χ2v) is 5.63. The molecule has 5 heteroatoms. The van der Waals surface area contributed by atoms with E-state index in [9.17, 15) is 9.18 Å². The quantitative estimate of drug-likeness (QED) is 0.845. The molecule has 0 atom stereocenters. The number of carboxylic acid groups (broad SMARTS) is 1. The molecule has 0 aromatic heterocycles. The number of nitrogens with one attached hydrogen (secondary N) is 1. The second-order valence-electron chi connectivity index (χ2n) is 5.63. The summed E-state index contributed by atoms with van der Waals surface area (Å²) in [6, 6.07) is 4.30. The summed E-state index contributed by atoms with van der Waals surface area (Å²) in [5.74, 6) is -1.22. The third kappa shape index (κ3) is 4.51. The molecule has 1 aromatic rings. The predicted octanol–water partition coefficient (Wildman–Crippen LogP) is 2.35. The second kappa shape index (κ2) is 7.52. The Bertz CT molecular complexity index is 485. The highest BCUT2D eigenvalue weighted by Gasteiger charge is 2.17. The molecule has 0 bridgehead atoms. The molecular weight excluding hydrogens is 271 g/mol. The van der Waals surface area contributed by atoms with Crippen LogP contribution in [0.2, 0.25) is 0 Å². The maximum Gasteiger partial charge on any atom is 0.338 e. The van der Waals surface area contributed by atoms with Gasteiger partial charge < -0.3 is 15.3 Å². The Morgan fingerprint density at radius 2 is 2.14 bits per heavy atom. The zero-order chi connectivity index (χ0) is 15.2. The number of likely N-dealkylation sites (tertiary alicyclic amines) is 1. The normalized spacial score (nSPS) is 17.0. The predicted molar refractivity (Wildman–Crippen MR) is 79.9 cm³/mol. The number of nitrogens with zero attached hydrogens (tertiary/aromatic N) is 1. The Morgan fingerprint density at radius 3 is 2.71 bits per heavy atom. The molecule has 0 spiro atoms. The Balaban J connectivity index is 1.76. The van der Waals surface area contributed by atoms with Crippen molar-refractivity contribution in [2.24, 2.45) is 5.92 Å². The highest BCUT2D eigenvalue weighted by Crippen LogP contribution is 2.16. The van der Waals surface area contributed by atoms with Gasteiger partial charge in [-0.15, -0.1) is 0 Å². The number of carboxylic acids is 1. The fourth-order valence-electron chi connectivity index (χ4n) is 2.77. The largest absolute Gasteiger partial charge is 0.478 e. The SMILES string of the molecule is CCN1CCC(CNCc2ccc(C(=O)O)c(F)c2)CC1. The number of carbonyl (C=O) groups is 1. The van der Waals surface area contributed by atoms with Crippen LogP contribution in [0.1, 0.15) is 35.7 Å². The van der Waals surface area contributed by atoms with Crippen LogP contribution in [-0.4, -0.2) is 42.2 Å². The van der Waals surface area contributed by atoms with Gasteiger partial charge in [-0.1, -0.05) is 13.0 Å². The summed E-state index contributed by atoms with van der Waals surface area (Å²) in [5.41, 5.74) is 0.509. The molecular formula is C16H23FN2O2. The Morgan fingerprint density at radius 1 is 1.43 bits per heavy atom. The monoisotopic (exact) mass is 294 g/mol. The lowest BCUT2D eigenvalue weighted by Gasteiger charge is -2.31. The van der Waals surface area contributed by atoms with Crippen molar-refractivity contribution in [1.29, 1.82) is 0 Å². The number of piperidine rings is 1. The fourth-order valence-corrected chi connectivity index (χ4v) is 2.77. The molecule has 1 aliphatic heterocycles. The Labute approximate surface area is 125 Å². The van der Waals surface area contributed by atoms with Crippen LogP contribution in [0, 0.1) is 11.7 Å². The molecule has 2 rings (SSSR count). The third-order valence-corrected chi connectivity index (χ3v) is 4.18. The van der Waals surface area contributed by atoms with Crippen LogP contribution in [-0.2, 0) is 6.54 Å². The van der Waals surface area contributed by atoms with E-state index in [0.717, 1.165) is 31.7 Å². The van der Waals surface area contributed by atoms with Crippen LogP contribution in [0.4, 0.5) is 4.39 Å². The summed E-state index contributed by atoms with van der Waals surface area (Å²) >= 11 is 0. The molecule has 0 aliphatic carbocycles. The zero-order valence-corrected chi connectivity index (χ0v) is 12.4. The zero-order valence-electron chi connectivity index (χ0n) is 12.4. The molecule has 0 radical (unpaired) electrons. The van der Waals surface area contributed by atoms with Gasteiger partial charge in [0.15, 0.2) is 0 Å². The maximum atomic E-state index is 13.6. The molecule has 116 valence electrons. The lowest BCUT2D eigenvalue weighted by atomic mass is 9.97. The standard InChI is InChI=1S/C16H23FN2O2/c1-2-19-7-5-12(6-8-19)10-18-11-13-3-4-14(16(20)21)15(17)9-13/h3-4,9,12,18H,2,5-8,10-11H2,1H3,(H,20,21). The van der Waals surface area contributed by atoms with Crippen molar-refractivity contribution in [3.63, 3.8) is 0 Å². The highest BCUT2D eigenvalue weighted by molar-refractivity contribution is 5.87. The van der Waals surface area contributed by atoms with Crippen molar-refractivity contribution in [1.82, 2.24) is 10.2 Å². The smallest absolute Gasteiger partial charge is 0.338 e. The first kappa shape index (κ1) is 15.9. The number of aromatic carboxylic acids is 1. The van der Waals surface area contributed by atoms with E-state index in [1.807, 2.05) is 0 Å². The van der Waals surface area contributed by atoms with Gasteiger partial charge in [-0.3, -0.25) is 0 Å². The van der Waals surface area contributed by atoms with E-state index in [0.29, 0.717) is 12.5 Å².